The molecule has 0 aliphatic carbocycles. The van der Waals surface area contributed by atoms with Crippen LogP contribution in [0.25, 0.3) is 0 Å². The van der Waals surface area contributed by atoms with Gasteiger partial charge in [-0.25, -0.2) is 0 Å². The van der Waals surface area contributed by atoms with E-state index >= 15 is 0 Å². The molecule has 13 nitrogen and oxygen atoms in total. The molecule has 0 fully saturated rings. The fraction of sp³-hybridized carbons (Fsp3) is 0.343. The molecule has 3 aromatic rings. The van der Waals surface area contributed by atoms with E-state index in [1.54, 1.807) is 30.3 Å². The van der Waals surface area contributed by atoms with Crippen molar-refractivity contribution in [3.05, 3.63) is 89.5 Å². The quantitative estimate of drug-likeness (QED) is 0.301. The maximum atomic E-state index is 13.5. The minimum atomic E-state index is -1.02. The van der Waals surface area contributed by atoms with E-state index in [0.29, 0.717) is 12.0 Å². The van der Waals surface area contributed by atoms with E-state index in [1.807, 2.05) is 30.3 Å². The first kappa shape index (κ1) is 35.3. The zero-order valence-electron chi connectivity index (χ0n) is 27.2. The summed E-state index contributed by atoms with van der Waals surface area (Å²) >= 11 is 0. The van der Waals surface area contributed by atoms with Crippen LogP contribution in [-0.2, 0) is 20.8 Å². The van der Waals surface area contributed by atoms with Crippen molar-refractivity contribution in [2.45, 2.75) is 31.8 Å². The maximum absolute atomic E-state index is 13.5. The van der Waals surface area contributed by atoms with Gasteiger partial charge >= 0.3 is 0 Å². The SMILES string of the molecule is COc1cc2cc(OC)c1OCCCNC(=O)CN(C(=O)c1ccccc1)CCNC(=O)[C@@H](Cc1ccccc1)NC(=O)[C@H](C)NC2=O. The molecule has 0 saturated carbocycles. The molecule has 4 N–H and O–H groups in total. The summed E-state index contributed by atoms with van der Waals surface area (Å²) in [5, 5.41) is 11.0. The average Bonchev–Trinajstić information content (AvgIpc) is 3.10. The summed E-state index contributed by atoms with van der Waals surface area (Å²) in [6.45, 7) is 1.75. The number of methoxy groups -OCH3 is 2. The van der Waals surface area contributed by atoms with Crippen molar-refractivity contribution in [1.29, 1.82) is 0 Å². The molecule has 13 heteroatoms. The Morgan fingerprint density at radius 3 is 2.15 bits per heavy atom. The molecule has 0 radical (unpaired) electrons. The lowest BCUT2D eigenvalue weighted by Gasteiger charge is -2.25. The molecule has 0 saturated heterocycles. The molecule has 2 aliphatic rings. The summed E-state index contributed by atoms with van der Waals surface area (Å²) in [7, 11) is 2.84. The van der Waals surface area contributed by atoms with Gasteiger partial charge < -0.3 is 40.4 Å². The first-order valence-corrected chi connectivity index (χ1v) is 15.6. The molecular weight excluding hydrogens is 618 g/mol. The molecule has 0 spiro atoms. The van der Waals surface area contributed by atoms with Crippen LogP contribution in [0.4, 0.5) is 0 Å². The Bertz CT molecular complexity index is 1560. The lowest BCUT2D eigenvalue weighted by atomic mass is 10.0. The normalized spacial score (nSPS) is 18.5. The third kappa shape index (κ3) is 9.71. The topological polar surface area (TPSA) is 164 Å². The van der Waals surface area contributed by atoms with E-state index in [4.69, 9.17) is 14.2 Å². The van der Waals surface area contributed by atoms with Crippen LogP contribution in [0.1, 0.15) is 39.6 Å². The van der Waals surface area contributed by atoms with Crippen molar-refractivity contribution < 1.29 is 38.2 Å². The van der Waals surface area contributed by atoms with Gasteiger partial charge in [0.05, 0.1) is 27.4 Å². The first-order chi connectivity index (χ1) is 23.2. The Morgan fingerprint density at radius 1 is 0.854 bits per heavy atom. The highest BCUT2D eigenvalue weighted by Crippen LogP contribution is 2.38. The summed E-state index contributed by atoms with van der Waals surface area (Å²) < 4.78 is 16.8. The van der Waals surface area contributed by atoms with Gasteiger partial charge in [-0.3, -0.25) is 24.0 Å². The number of nitrogens with zero attached hydrogens (tertiary/aromatic N) is 1. The van der Waals surface area contributed by atoms with Crippen molar-refractivity contribution in [2.75, 3.05) is 47.0 Å². The van der Waals surface area contributed by atoms with E-state index in [9.17, 15) is 24.0 Å². The van der Waals surface area contributed by atoms with Crippen LogP contribution in [0, 0.1) is 0 Å². The minimum absolute atomic E-state index is 0.0191. The Hall–Kier alpha value is -5.59. The highest BCUT2D eigenvalue weighted by molar-refractivity contribution is 5.99. The zero-order valence-corrected chi connectivity index (χ0v) is 27.2. The number of benzene rings is 3. The molecule has 0 unspecified atom stereocenters. The summed E-state index contributed by atoms with van der Waals surface area (Å²) in [5.74, 6) is -1.67. The fourth-order valence-corrected chi connectivity index (χ4v) is 5.01. The number of carbonyl (C=O) groups is 5. The summed E-state index contributed by atoms with van der Waals surface area (Å²) in [6.07, 6.45) is 0.586. The third-order valence-corrected chi connectivity index (χ3v) is 7.59. The van der Waals surface area contributed by atoms with Gasteiger partial charge in [0, 0.05) is 37.2 Å². The molecule has 5 amide bonds. The molecule has 3 aromatic carbocycles. The average molecular weight is 660 g/mol. The molecule has 2 bridgehead atoms. The van der Waals surface area contributed by atoms with Crippen molar-refractivity contribution >= 4 is 29.5 Å². The van der Waals surface area contributed by atoms with Crippen molar-refractivity contribution in [2.24, 2.45) is 0 Å². The number of hydrogen-bond donors (Lipinski definition) is 4. The zero-order chi connectivity index (χ0) is 34.5. The second-order valence-corrected chi connectivity index (χ2v) is 11.1. The highest BCUT2D eigenvalue weighted by atomic mass is 16.5. The van der Waals surface area contributed by atoms with Crippen LogP contribution < -0.4 is 35.5 Å². The molecule has 0 aromatic heterocycles. The molecular formula is C35H41N5O8. The number of hydrogen-bond acceptors (Lipinski definition) is 8. The van der Waals surface area contributed by atoms with Gasteiger partial charge in [-0.2, -0.15) is 0 Å². The second kappa shape index (κ2) is 17.4. The van der Waals surface area contributed by atoms with Crippen LogP contribution in [0.15, 0.2) is 72.8 Å². The van der Waals surface area contributed by atoms with Gasteiger partial charge in [0.15, 0.2) is 11.5 Å². The van der Waals surface area contributed by atoms with Gasteiger partial charge in [-0.1, -0.05) is 48.5 Å². The largest absolute Gasteiger partial charge is 0.493 e. The van der Waals surface area contributed by atoms with E-state index in [-0.39, 0.29) is 73.8 Å². The lowest BCUT2D eigenvalue weighted by Crippen LogP contribution is -2.54. The number of fused-ring (bicyclic) bond motifs is 19. The first-order valence-electron chi connectivity index (χ1n) is 15.6. The van der Waals surface area contributed by atoms with Gasteiger partial charge in [0.25, 0.3) is 11.8 Å². The third-order valence-electron chi connectivity index (χ3n) is 7.59. The molecule has 5 rings (SSSR count). The molecule has 2 aliphatic heterocycles. The minimum Gasteiger partial charge on any atom is -0.493 e. The summed E-state index contributed by atoms with van der Waals surface area (Å²) in [6, 6.07) is 18.6. The van der Waals surface area contributed by atoms with Crippen LogP contribution in [-0.4, -0.2) is 93.5 Å². The van der Waals surface area contributed by atoms with Gasteiger partial charge in [-0.15, -0.1) is 0 Å². The number of amides is 5. The van der Waals surface area contributed by atoms with E-state index < -0.39 is 29.8 Å². The Morgan fingerprint density at radius 2 is 1.50 bits per heavy atom. The molecule has 2 heterocycles. The Kier molecular flexibility index (Phi) is 12.8. The predicted octanol–water partition coefficient (Wildman–Crippen LogP) is 1.71. The van der Waals surface area contributed by atoms with Gasteiger partial charge in [0.2, 0.25) is 23.5 Å². The number of ether oxygens (including phenoxy) is 3. The van der Waals surface area contributed by atoms with Crippen molar-refractivity contribution in [3.8, 4) is 17.2 Å². The Labute approximate surface area is 279 Å². The van der Waals surface area contributed by atoms with Crippen molar-refractivity contribution in [1.82, 2.24) is 26.2 Å². The van der Waals surface area contributed by atoms with Crippen LogP contribution in [0.3, 0.4) is 0 Å². The summed E-state index contributed by atoms with van der Waals surface area (Å²) in [5.41, 5.74) is 1.36. The monoisotopic (exact) mass is 659 g/mol. The van der Waals surface area contributed by atoms with Crippen LogP contribution in [0.5, 0.6) is 17.2 Å². The predicted molar refractivity (Wildman–Crippen MR) is 177 cm³/mol. The fourth-order valence-electron chi connectivity index (χ4n) is 5.01. The Balaban J connectivity index is 1.61. The van der Waals surface area contributed by atoms with Crippen LogP contribution in [0.2, 0.25) is 0 Å². The number of rotatable bonds is 5. The number of nitrogens with one attached hydrogen (secondary N) is 4. The number of carbonyl (C=O) groups excluding carboxylic acids is 5. The molecule has 254 valence electrons. The standard InChI is InChI=1S/C35H41N5O8/c1-23-32(42)39-27(19-24-11-6-4-7-12-24)34(44)37-16-17-40(35(45)25-13-8-5-9-14-25)22-30(41)36-15-10-18-48-31-28(46-2)20-26(33(43)38-23)21-29(31)47-3/h4-9,11-14,20-21,23,27H,10,15-19,22H2,1-3H3,(H,36,41)(H,37,44)(H,38,43)(H,39,42)/t23-,27+/m0/s1. The van der Waals surface area contributed by atoms with E-state index in [0.717, 1.165) is 5.56 Å². The second-order valence-electron chi connectivity index (χ2n) is 11.1. The van der Waals surface area contributed by atoms with E-state index in [2.05, 4.69) is 21.3 Å². The lowest BCUT2D eigenvalue weighted by molar-refractivity contribution is -0.129. The smallest absolute Gasteiger partial charge is 0.254 e. The maximum Gasteiger partial charge on any atom is 0.254 e. The van der Waals surface area contributed by atoms with Crippen molar-refractivity contribution in [3.63, 3.8) is 0 Å². The highest BCUT2D eigenvalue weighted by Gasteiger charge is 2.27. The van der Waals surface area contributed by atoms with Gasteiger partial charge in [0.1, 0.15) is 12.1 Å². The molecule has 2 atom stereocenters. The van der Waals surface area contributed by atoms with Gasteiger partial charge in [-0.05, 0) is 43.2 Å². The summed E-state index contributed by atoms with van der Waals surface area (Å²) in [4.78, 5) is 67.7. The van der Waals surface area contributed by atoms with E-state index in [1.165, 1.54) is 38.2 Å². The molecule has 48 heavy (non-hydrogen) atoms. The van der Waals surface area contributed by atoms with Crippen LogP contribution >= 0.6 is 0 Å².